The number of hydrogen-bond donors (Lipinski definition) is 4. The van der Waals surface area contributed by atoms with E-state index in [0.717, 1.165) is 44.1 Å². The fraction of sp³-hybridized carbons (Fsp3) is 0.900. The van der Waals surface area contributed by atoms with Crippen molar-refractivity contribution in [3.8, 4) is 0 Å². The van der Waals surface area contributed by atoms with E-state index in [1.54, 1.807) is 13.0 Å². The highest BCUT2D eigenvalue weighted by Crippen LogP contribution is 2.70. The van der Waals surface area contributed by atoms with Gasteiger partial charge in [-0.2, -0.15) is 0 Å². The minimum absolute atomic E-state index is 0.0986. The molecule has 39 heavy (non-hydrogen) atoms. The van der Waals surface area contributed by atoms with Gasteiger partial charge in [-0.25, -0.2) is 4.79 Å². The Balaban J connectivity index is 1.19. The smallest absolute Gasteiger partial charge is 0.331 e. The summed E-state index contributed by atoms with van der Waals surface area (Å²) >= 11 is 0. The van der Waals surface area contributed by atoms with Gasteiger partial charge in [-0.1, -0.05) is 13.8 Å². The molecule has 4 N–H and O–H groups in total. The molecule has 14 atom stereocenters. The van der Waals surface area contributed by atoms with Crippen LogP contribution in [0.2, 0.25) is 0 Å². The maximum atomic E-state index is 12.4. The molecule has 9 nitrogen and oxygen atoms in total. The fourth-order valence-corrected chi connectivity index (χ4v) is 10.1. The lowest BCUT2D eigenvalue weighted by Crippen LogP contribution is -2.65. The van der Waals surface area contributed by atoms with E-state index >= 15 is 0 Å². The van der Waals surface area contributed by atoms with Gasteiger partial charge in [0.25, 0.3) is 0 Å². The first-order chi connectivity index (χ1) is 18.4. The number of aliphatic hydroxyl groups excluding tert-OH is 3. The molecule has 220 valence electrons. The van der Waals surface area contributed by atoms with Crippen LogP contribution < -0.4 is 0 Å². The molecule has 0 bridgehead atoms. The summed E-state index contributed by atoms with van der Waals surface area (Å²) in [5.41, 5.74) is -0.455. The van der Waals surface area contributed by atoms with Crippen molar-refractivity contribution in [2.24, 2.45) is 34.5 Å². The second-order valence-electron chi connectivity index (χ2n) is 13.8. The van der Waals surface area contributed by atoms with E-state index in [1.807, 2.05) is 0 Å². The first kappa shape index (κ1) is 28.1. The molecule has 0 aromatic heterocycles. The normalized spacial score (nSPS) is 55.3. The second-order valence-corrected chi connectivity index (χ2v) is 13.8. The Labute approximate surface area is 230 Å². The number of cyclic esters (lactones) is 1. The average molecular weight is 551 g/mol. The van der Waals surface area contributed by atoms with Gasteiger partial charge in [-0.3, -0.25) is 0 Å². The van der Waals surface area contributed by atoms with Crippen molar-refractivity contribution in [3.63, 3.8) is 0 Å². The Bertz CT molecular complexity index is 1000. The summed E-state index contributed by atoms with van der Waals surface area (Å²) in [6, 6.07) is 0. The van der Waals surface area contributed by atoms with Crippen LogP contribution in [0.25, 0.3) is 0 Å². The minimum Gasteiger partial charge on any atom is -0.458 e. The molecule has 0 aromatic carbocycles. The van der Waals surface area contributed by atoms with Crippen molar-refractivity contribution < 1.29 is 44.2 Å². The van der Waals surface area contributed by atoms with Crippen LogP contribution in [0, 0.1) is 34.5 Å². The molecule has 4 saturated carbocycles. The van der Waals surface area contributed by atoms with Crippen molar-refractivity contribution in [2.75, 3.05) is 13.7 Å². The number of methoxy groups -OCH3 is 1. The van der Waals surface area contributed by atoms with Gasteiger partial charge in [0.05, 0.1) is 23.9 Å². The molecule has 0 spiro atoms. The lowest BCUT2D eigenvalue weighted by Gasteiger charge is -2.64. The summed E-state index contributed by atoms with van der Waals surface area (Å²) in [6.45, 7) is 6.49. The molecular weight excluding hydrogens is 504 g/mol. The van der Waals surface area contributed by atoms with Gasteiger partial charge in [-0.15, -0.1) is 0 Å². The molecule has 0 aromatic rings. The van der Waals surface area contributed by atoms with E-state index in [4.69, 9.17) is 18.9 Å². The topological polar surface area (TPSA) is 135 Å². The van der Waals surface area contributed by atoms with Crippen LogP contribution in [0.3, 0.4) is 0 Å². The van der Waals surface area contributed by atoms with E-state index in [2.05, 4.69) is 13.8 Å². The number of fused-ring (bicyclic) bond motifs is 5. The van der Waals surface area contributed by atoms with E-state index in [0.29, 0.717) is 19.4 Å². The summed E-state index contributed by atoms with van der Waals surface area (Å²) in [5, 5.41) is 45.2. The largest absolute Gasteiger partial charge is 0.458 e. The van der Waals surface area contributed by atoms with Crippen molar-refractivity contribution in [3.05, 3.63) is 11.6 Å². The molecule has 6 rings (SSSR count). The third-order valence-corrected chi connectivity index (χ3v) is 12.4. The number of hydrogen-bond acceptors (Lipinski definition) is 9. The molecule has 9 heteroatoms. The number of carbonyl (C=O) groups excluding carboxylic acids is 1. The Kier molecular flexibility index (Phi) is 7.02. The van der Waals surface area contributed by atoms with Crippen LogP contribution in [0.5, 0.6) is 0 Å². The van der Waals surface area contributed by atoms with Crippen LogP contribution in [-0.2, 0) is 23.7 Å². The van der Waals surface area contributed by atoms with Gasteiger partial charge in [0.1, 0.15) is 24.9 Å². The zero-order valence-corrected chi connectivity index (χ0v) is 23.6. The third-order valence-electron chi connectivity index (χ3n) is 12.4. The zero-order valence-electron chi connectivity index (χ0n) is 23.6. The molecule has 4 aliphatic carbocycles. The van der Waals surface area contributed by atoms with Gasteiger partial charge < -0.3 is 39.4 Å². The fourth-order valence-electron chi connectivity index (χ4n) is 10.1. The van der Waals surface area contributed by atoms with E-state index in [-0.39, 0.29) is 46.6 Å². The molecule has 5 fully saturated rings. The molecule has 6 aliphatic rings. The Morgan fingerprint density at radius 3 is 2.46 bits per heavy atom. The standard InChI is InChI=1S/C30H46O9/c1-15-24(33)26(36-4)25(34)27(38-15)39-18-12-17-5-6-21-20(29(17,3)22(31)13-18)7-9-28(2)19(8-10-30(21,28)35)16-11-23(32)37-14-16/h11,15,17-22,24-27,31,33-35H,5-10,12-14H2,1-4H3/t15-,17-,18+,19+,20-,21+,22+,24+,25-,26-,27-,28+,29-,30+/m0/s1. The molecule has 2 aliphatic heterocycles. The predicted octanol–water partition coefficient (Wildman–Crippen LogP) is 2.08. The molecule has 2 heterocycles. The summed E-state index contributed by atoms with van der Waals surface area (Å²) in [7, 11) is 1.45. The number of rotatable bonds is 4. The van der Waals surface area contributed by atoms with Crippen LogP contribution >= 0.6 is 0 Å². The molecule has 0 unspecified atom stereocenters. The second kappa shape index (κ2) is 9.75. The lowest BCUT2D eigenvalue weighted by molar-refractivity contribution is -0.317. The molecule has 1 saturated heterocycles. The van der Waals surface area contributed by atoms with Gasteiger partial charge in [0.2, 0.25) is 0 Å². The number of aliphatic hydroxyl groups is 4. The monoisotopic (exact) mass is 550 g/mol. The van der Waals surface area contributed by atoms with Gasteiger partial charge in [0, 0.05) is 25.0 Å². The van der Waals surface area contributed by atoms with E-state index in [9.17, 15) is 25.2 Å². The summed E-state index contributed by atoms with van der Waals surface area (Å²) < 4.78 is 22.6. The first-order valence-corrected chi connectivity index (χ1v) is 14.9. The maximum Gasteiger partial charge on any atom is 0.331 e. The van der Waals surface area contributed by atoms with Crippen molar-refractivity contribution in [1.29, 1.82) is 0 Å². The number of esters is 1. The lowest BCUT2D eigenvalue weighted by atomic mass is 9.42. The van der Waals surface area contributed by atoms with Crippen LogP contribution in [-0.4, -0.2) is 88.6 Å². The predicted molar refractivity (Wildman–Crippen MR) is 139 cm³/mol. The Morgan fingerprint density at radius 2 is 1.77 bits per heavy atom. The van der Waals surface area contributed by atoms with Crippen molar-refractivity contribution in [1.82, 2.24) is 0 Å². The summed E-state index contributed by atoms with van der Waals surface area (Å²) in [6.07, 6.45) is 2.74. The SMILES string of the molecule is CO[C@@H]1[C@H](O)[C@H](O[C@@H]2C[C@@H]3CC[C@@H]4[C@H](CC[C@]5(C)[C@@H](C6=CC(=O)OC6)CC[C@@]45O)[C@@]3(C)[C@H](O)C2)O[C@@H](C)[C@H]1O. The van der Waals surface area contributed by atoms with E-state index < -0.39 is 42.4 Å². The summed E-state index contributed by atoms with van der Waals surface area (Å²) in [5.74, 6) is 0.393. The van der Waals surface area contributed by atoms with Crippen molar-refractivity contribution in [2.45, 2.75) is 121 Å². The molecular formula is C30H46O9. The highest BCUT2D eigenvalue weighted by Gasteiger charge is 2.69. The Morgan fingerprint density at radius 1 is 1.00 bits per heavy atom. The highest BCUT2D eigenvalue weighted by molar-refractivity contribution is 5.85. The quantitative estimate of drug-likeness (QED) is 0.307. The number of carbonyl (C=O) groups is 1. The molecule has 0 amide bonds. The summed E-state index contributed by atoms with van der Waals surface area (Å²) in [4.78, 5) is 11.8. The first-order valence-electron chi connectivity index (χ1n) is 14.9. The van der Waals surface area contributed by atoms with Crippen LogP contribution in [0.1, 0.15) is 72.1 Å². The Hall–Kier alpha value is -1.07. The van der Waals surface area contributed by atoms with Crippen molar-refractivity contribution >= 4 is 5.97 Å². The zero-order chi connectivity index (χ0) is 27.9. The van der Waals surface area contributed by atoms with Gasteiger partial charge in [-0.05, 0) is 86.5 Å². The minimum atomic E-state index is -1.13. The number of ether oxygens (including phenoxy) is 4. The average Bonchev–Trinajstić information content (AvgIpc) is 3.43. The van der Waals surface area contributed by atoms with Gasteiger partial charge in [0.15, 0.2) is 6.29 Å². The van der Waals surface area contributed by atoms with Gasteiger partial charge >= 0.3 is 5.97 Å². The highest BCUT2D eigenvalue weighted by atomic mass is 16.7. The maximum absolute atomic E-state index is 12.4. The van der Waals surface area contributed by atoms with Crippen LogP contribution in [0.15, 0.2) is 11.6 Å². The van der Waals surface area contributed by atoms with Crippen LogP contribution in [0.4, 0.5) is 0 Å². The third kappa shape index (κ3) is 4.02. The molecule has 0 radical (unpaired) electrons. The van der Waals surface area contributed by atoms with E-state index in [1.165, 1.54) is 7.11 Å².